The molecule has 2 heterocycles. The summed E-state index contributed by atoms with van der Waals surface area (Å²) in [6.45, 7) is 14.4. The van der Waals surface area contributed by atoms with Crippen LogP contribution >= 0.6 is 0 Å². The molecular formula is C23H32N4O. The van der Waals surface area contributed by atoms with Crippen LogP contribution in [0.4, 0.5) is 0 Å². The highest BCUT2D eigenvalue weighted by Crippen LogP contribution is 2.24. The third-order valence-corrected chi connectivity index (χ3v) is 5.27. The highest BCUT2D eigenvalue weighted by atomic mass is 16.1. The molecule has 5 nitrogen and oxygen atoms in total. The summed E-state index contributed by atoms with van der Waals surface area (Å²) >= 11 is 0. The molecule has 0 fully saturated rings. The summed E-state index contributed by atoms with van der Waals surface area (Å²) in [6, 6.07) is 8.47. The second-order valence-corrected chi connectivity index (χ2v) is 7.36. The third-order valence-electron chi connectivity index (χ3n) is 5.27. The maximum absolute atomic E-state index is 12.9. The van der Waals surface area contributed by atoms with Gasteiger partial charge >= 0.3 is 5.69 Å². The van der Waals surface area contributed by atoms with Crippen molar-refractivity contribution < 1.29 is 1.43 Å². The molecule has 2 aromatic heterocycles. The van der Waals surface area contributed by atoms with Crippen molar-refractivity contribution in [1.82, 2.24) is 19.4 Å². The zero-order chi connectivity index (χ0) is 20.3. The lowest BCUT2D eigenvalue weighted by molar-refractivity contribution is 0.629. The molecule has 0 spiro atoms. The topological polar surface area (TPSA) is 51.9 Å². The van der Waals surface area contributed by atoms with Gasteiger partial charge in [0, 0.05) is 32.0 Å². The Bertz CT molecular complexity index is 1060. The number of nitrogens with zero attached hydrogens (tertiary/aromatic N) is 3. The van der Waals surface area contributed by atoms with Crippen molar-refractivity contribution in [2.75, 3.05) is 6.54 Å². The number of fused-ring (bicyclic) bond motifs is 1. The summed E-state index contributed by atoms with van der Waals surface area (Å²) in [6.07, 6.45) is 4.07. The molecule has 0 aliphatic heterocycles. The molecular weight excluding hydrogens is 348 g/mol. The highest BCUT2D eigenvalue weighted by Gasteiger charge is 2.15. The molecule has 0 unspecified atom stereocenters. The smallest absolute Gasteiger partial charge is 0.330 e. The molecule has 0 saturated heterocycles. The van der Waals surface area contributed by atoms with Crippen LogP contribution < -0.4 is 11.0 Å². The average Bonchev–Trinajstić information content (AvgIpc) is 2.94. The molecule has 0 atom stereocenters. The zero-order valence-corrected chi connectivity index (χ0v) is 17.4. The minimum Gasteiger partial charge on any atom is -0.387 e. The number of nitrogens with one attached hydrogen (secondary N) is 1. The van der Waals surface area contributed by atoms with E-state index < -0.39 is 0 Å². The Morgan fingerprint density at radius 2 is 1.93 bits per heavy atom. The maximum atomic E-state index is 12.9. The molecule has 3 aromatic rings. The van der Waals surface area contributed by atoms with E-state index in [1.807, 2.05) is 13.1 Å². The van der Waals surface area contributed by atoms with Gasteiger partial charge in [0.25, 0.3) is 0 Å². The summed E-state index contributed by atoms with van der Waals surface area (Å²) in [4.78, 5) is 17.6. The van der Waals surface area contributed by atoms with Gasteiger partial charge in [-0.15, -0.1) is 0 Å². The van der Waals surface area contributed by atoms with Crippen molar-refractivity contribution in [3.05, 3.63) is 64.3 Å². The number of hydrogen-bond donors (Lipinski definition) is 1. The summed E-state index contributed by atoms with van der Waals surface area (Å²) in [5.41, 5.74) is 7.02. The van der Waals surface area contributed by atoms with Crippen molar-refractivity contribution in [2.45, 2.75) is 53.6 Å². The van der Waals surface area contributed by atoms with Crippen LogP contribution in [0.2, 0.25) is 0 Å². The van der Waals surface area contributed by atoms with Gasteiger partial charge in [-0.2, -0.15) is 0 Å². The molecule has 0 saturated carbocycles. The van der Waals surface area contributed by atoms with Gasteiger partial charge in [-0.25, -0.2) is 9.78 Å². The monoisotopic (exact) mass is 380 g/mol. The summed E-state index contributed by atoms with van der Waals surface area (Å²) in [7, 11) is 0. The van der Waals surface area contributed by atoms with Crippen LogP contribution in [0.1, 0.15) is 39.2 Å². The van der Waals surface area contributed by atoms with Gasteiger partial charge in [-0.3, -0.25) is 9.13 Å². The number of allylic oxidation sites excluding steroid dienone is 1. The van der Waals surface area contributed by atoms with E-state index >= 15 is 0 Å². The fraction of sp³-hybridized carbons (Fsp3) is 0.391. The lowest BCUT2D eigenvalue weighted by Gasteiger charge is -2.10. The Morgan fingerprint density at radius 1 is 1.14 bits per heavy atom. The molecule has 5 heteroatoms. The second kappa shape index (κ2) is 8.46. The lowest BCUT2D eigenvalue weighted by Crippen LogP contribution is -2.27. The van der Waals surface area contributed by atoms with E-state index in [0.29, 0.717) is 18.7 Å². The first-order chi connectivity index (χ1) is 13.5. The normalized spacial score (nSPS) is 11.1. The predicted octanol–water partition coefficient (Wildman–Crippen LogP) is 4.65. The summed E-state index contributed by atoms with van der Waals surface area (Å²) in [5, 5.41) is 3.31. The van der Waals surface area contributed by atoms with Gasteiger partial charge in [0.15, 0.2) is 5.65 Å². The molecule has 0 radical (unpaired) electrons. The van der Waals surface area contributed by atoms with Crippen LogP contribution in [0.25, 0.3) is 22.3 Å². The Balaban J connectivity index is 0.00000300. The fourth-order valence-electron chi connectivity index (χ4n) is 3.41. The number of rotatable bonds is 8. The molecule has 0 amide bonds. The minimum atomic E-state index is -0.0410. The number of unbranched alkanes of at least 4 members (excludes halogenated alkanes) is 1. The van der Waals surface area contributed by atoms with Crippen molar-refractivity contribution in [3.8, 4) is 11.1 Å². The molecule has 1 aromatic carbocycles. The van der Waals surface area contributed by atoms with E-state index in [9.17, 15) is 4.79 Å². The predicted molar refractivity (Wildman–Crippen MR) is 119 cm³/mol. The molecule has 0 bridgehead atoms. The van der Waals surface area contributed by atoms with Crippen molar-refractivity contribution in [3.63, 3.8) is 0 Å². The van der Waals surface area contributed by atoms with Crippen molar-refractivity contribution in [2.24, 2.45) is 0 Å². The van der Waals surface area contributed by atoms with Crippen LogP contribution in [0.3, 0.4) is 0 Å². The fourth-order valence-corrected chi connectivity index (χ4v) is 3.41. The van der Waals surface area contributed by atoms with E-state index in [-0.39, 0.29) is 7.12 Å². The second-order valence-electron chi connectivity index (χ2n) is 7.36. The molecule has 150 valence electrons. The summed E-state index contributed by atoms with van der Waals surface area (Å²) in [5.74, 6) is 0. The first-order valence-corrected chi connectivity index (χ1v) is 10.0. The van der Waals surface area contributed by atoms with Crippen molar-refractivity contribution in [1.29, 1.82) is 0 Å². The number of imidazole rings is 1. The SMILES string of the molecule is C=C(Cn1c(=O)n(CC)c2cc(-c3ccc(C)c(C)c3)cnc21)NCCCC.[HH]. The number of aromatic nitrogens is 3. The van der Waals surface area contributed by atoms with Gasteiger partial charge in [0.2, 0.25) is 0 Å². The van der Waals surface area contributed by atoms with Gasteiger partial charge in [0.1, 0.15) is 0 Å². The minimum absolute atomic E-state index is 0. The van der Waals surface area contributed by atoms with E-state index in [2.05, 4.69) is 61.9 Å². The third kappa shape index (κ3) is 3.88. The maximum Gasteiger partial charge on any atom is 0.330 e. The Labute approximate surface area is 168 Å². The van der Waals surface area contributed by atoms with Gasteiger partial charge in [0.05, 0.1) is 12.1 Å². The highest BCUT2D eigenvalue weighted by molar-refractivity contribution is 5.79. The number of pyridine rings is 1. The first-order valence-electron chi connectivity index (χ1n) is 10.0. The van der Waals surface area contributed by atoms with Crippen LogP contribution in [-0.2, 0) is 13.1 Å². The van der Waals surface area contributed by atoms with Crippen LogP contribution in [0.15, 0.2) is 47.5 Å². The van der Waals surface area contributed by atoms with Crippen molar-refractivity contribution >= 4 is 11.2 Å². The molecule has 0 aliphatic rings. The lowest BCUT2D eigenvalue weighted by atomic mass is 10.0. The van der Waals surface area contributed by atoms with E-state index in [4.69, 9.17) is 0 Å². The molecule has 3 rings (SSSR count). The van der Waals surface area contributed by atoms with E-state index in [1.54, 1.807) is 9.13 Å². The zero-order valence-electron chi connectivity index (χ0n) is 17.4. The quantitative estimate of drug-likeness (QED) is 0.579. The number of aryl methyl sites for hydroxylation is 3. The average molecular weight is 381 g/mol. The van der Waals surface area contributed by atoms with Gasteiger partial charge in [-0.05, 0) is 49.9 Å². The van der Waals surface area contributed by atoms with E-state index in [1.165, 1.54) is 11.1 Å². The Hall–Kier alpha value is -2.82. The molecule has 1 N–H and O–H groups in total. The van der Waals surface area contributed by atoms with Gasteiger partial charge in [-0.1, -0.05) is 38.1 Å². The van der Waals surface area contributed by atoms with Crippen LogP contribution in [0.5, 0.6) is 0 Å². The molecule has 0 aliphatic carbocycles. The standard InChI is InChI=1S/C23H30N4O.H2/c1-6-8-11-24-18(5)15-27-22-21(26(7-2)23(27)28)13-20(14-25-22)19-10-9-16(3)17(4)12-19;/h9-10,12-14,24H,5-8,11,15H2,1-4H3;1H. The van der Waals surface area contributed by atoms with E-state index in [0.717, 1.165) is 41.7 Å². The Kier molecular flexibility index (Phi) is 6.02. The van der Waals surface area contributed by atoms with Crippen LogP contribution in [-0.4, -0.2) is 20.7 Å². The number of hydrogen-bond acceptors (Lipinski definition) is 3. The van der Waals surface area contributed by atoms with Gasteiger partial charge < -0.3 is 5.32 Å². The number of benzene rings is 1. The largest absolute Gasteiger partial charge is 0.387 e. The summed E-state index contributed by atoms with van der Waals surface area (Å²) < 4.78 is 3.50. The molecule has 28 heavy (non-hydrogen) atoms. The first kappa shape index (κ1) is 19.9. The Morgan fingerprint density at radius 3 is 2.61 bits per heavy atom. The van der Waals surface area contributed by atoms with Crippen LogP contribution in [0, 0.1) is 13.8 Å².